The minimum absolute atomic E-state index is 0.106. The first-order chi connectivity index (χ1) is 16.1. The van der Waals surface area contributed by atoms with Crippen molar-refractivity contribution in [3.8, 4) is 22.4 Å². The molecule has 0 saturated carbocycles. The largest absolute Gasteiger partial charge is 0.323 e. The first kappa shape index (κ1) is 21.4. The van der Waals surface area contributed by atoms with Crippen molar-refractivity contribution in [3.05, 3.63) is 83.2 Å². The number of carbonyl (C=O) groups is 1. The number of carbonyl (C=O) groups excluding carboxylic acids is 1. The molecule has 5 rings (SSSR count). The number of hydrogen-bond acceptors (Lipinski definition) is 5. The molecule has 1 fully saturated rings. The number of anilines is 3. The van der Waals surface area contributed by atoms with E-state index < -0.39 is 0 Å². The molecule has 1 aliphatic heterocycles. The van der Waals surface area contributed by atoms with Gasteiger partial charge >= 0.3 is 0 Å². The molecule has 0 spiro atoms. The van der Waals surface area contributed by atoms with Gasteiger partial charge in [-0.1, -0.05) is 53.5 Å². The lowest BCUT2D eigenvalue weighted by Gasteiger charge is -2.16. The first-order valence-electron chi connectivity index (χ1n) is 10.5. The second-order valence-electron chi connectivity index (χ2n) is 7.69. The third kappa shape index (κ3) is 4.67. The molecule has 0 radical (unpaired) electrons. The molecule has 33 heavy (non-hydrogen) atoms. The average Bonchev–Trinajstić information content (AvgIpc) is 3.26. The summed E-state index contributed by atoms with van der Waals surface area (Å²) >= 11 is 12.9. The number of nitrogens with zero attached hydrogens (tertiary/aromatic N) is 4. The van der Waals surface area contributed by atoms with Gasteiger partial charge in [0.05, 0.1) is 40.7 Å². The van der Waals surface area contributed by atoms with Crippen LogP contribution in [0, 0.1) is 0 Å². The summed E-state index contributed by atoms with van der Waals surface area (Å²) in [6.07, 6.45) is 6.31. The number of nitrogens with one attached hydrogen (secondary N) is 1. The normalized spacial score (nSPS) is 13.4. The van der Waals surface area contributed by atoms with E-state index in [1.54, 1.807) is 23.5 Å². The molecule has 0 bridgehead atoms. The fourth-order valence-electron chi connectivity index (χ4n) is 3.85. The Labute approximate surface area is 201 Å². The van der Waals surface area contributed by atoms with Crippen LogP contribution in [0.3, 0.4) is 0 Å². The lowest BCUT2D eigenvalue weighted by atomic mass is 10.0. The molecule has 2 aromatic heterocycles. The summed E-state index contributed by atoms with van der Waals surface area (Å²) < 4.78 is 0. The van der Waals surface area contributed by atoms with Crippen LogP contribution in [0.5, 0.6) is 0 Å². The van der Waals surface area contributed by atoms with Gasteiger partial charge in [-0.05, 0) is 41.8 Å². The highest BCUT2D eigenvalue weighted by Crippen LogP contribution is 2.33. The average molecular weight is 476 g/mol. The van der Waals surface area contributed by atoms with Crippen molar-refractivity contribution in [1.29, 1.82) is 0 Å². The molecule has 8 heteroatoms. The molecule has 1 saturated heterocycles. The Morgan fingerprint density at radius 2 is 1.73 bits per heavy atom. The monoisotopic (exact) mass is 475 g/mol. The number of halogens is 2. The van der Waals surface area contributed by atoms with E-state index in [0.29, 0.717) is 40.3 Å². The van der Waals surface area contributed by atoms with Gasteiger partial charge in [0.15, 0.2) is 0 Å². The minimum Gasteiger partial charge on any atom is -0.323 e. The van der Waals surface area contributed by atoms with Gasteiger partial charge in [-0.2, -0.15) is 0 Å². The summed E-state index contributed by atoms with van der Waals surface area (Å²) in [6.45, 7) is 0.698. The van der Waals surface area contributed by atoms with E-state index in [1.807, 2.05) is 54.6 Å². The van der Waals surface area contributed by atoms with Gasteiger partial charge in [0, 0.05) is 23.6 Å². The number of hydrogen-bond donors (Lipinski definition) is 1. The molecule has 1 aliphatic rings. The minimum atomic E-state index is 0.106. The third-order valence-electron chi connectivity index (χ3n) is 5.39. The van der Waals surface area contributed by atoms with Gasteiger partial charge in [-0.25, -0.2) is 9.97 Å². The Morgan fingerprint density at radius 3 is 2.52 bits per heavy atom. The fraction of sp³-hybridized carbons (Fsp3) is 0.120. The second-order valence-corrected chi connectivity index (χ2v) is 8.53. The maximum Gasteiger partial charge on any atom is 0.227 e. The summed E-state index contributed by atoms with van der Waals surface area (Å²) in [7, 11) is 0. The zero-order valence-corrected chi connectivity index (χ0v) is 19.0. The maximum absolute atomic E-state index is 12.1. The zero-order valence-electron chi connectivity index (χ0n) is 17.5. The first-order valence-corrected chi connectivity index (χ1v) is 11.2. The van der Waals surface area contributed by atoms with E-state index in [9.17, 15) is 4.79 Å². The summed E-state index contributed by atoms with van der Waals surface area (Å²) in [5.74, 6) is 0.469. The van der Waals surface area contributed by atoms with Crippen molar-refractivity contribution < 1.29 is 4.79 Å². The van der Waals surface area contributed by atoms with Crippen LogP contribution >= 0.6 is 23.2 Å². The quantitative estimate of drug-likeness (QED) is 0.362. The van der Waals surface area contributed by atoms with E-state index in [2.05, 4.69) is 20.3 Å². The molecule has 6 nitrogen and oxygen atoms in total. The molecule has 0 atom stereocenters. The molecular formula is C25H19Cl2N5O. The fourth-order valence-corrected chi connectivity index (χ4v) is 4.28. The van der Waals surface area contributed by atoms with E-state index in [-0.39, 0.29) is 5.91 Å². The molecular weight excluding hydrogens is 457 g/mol. The molecule has 2 aromatic carbocycles. The van der Waals surface area contributed by atoms with Crippen LogP contribution in [0.1, 0.15) is 12.8 Å². The molecule has 1 amide bonds. The van der Waals surface area contributed by atoms with E-state index in [0.717, 1.165) is 28.8 Å². The van der Waals surface area contributed by atoms with Gasteiger partial charge in [-0.15, -0.1) is 0 Å². The molecule has 4 aromatic rings. The Balaban J connectivity index is 1.46. The second kappa shape index (κ2) is 9.17. The van der Waals surface area contributed by atoms with Crippen molar-refractivity contribution in [2.45, 2.75) is 12.8 Å². The Bertz CT molecular complexity index is 1330. The standard InChI is InChI=1S/C25H19Cl2N5O/c26-19-10-17(16-5-2-1-3-6-16)9-18(11-19)24-22(27)15-29-25(31-24)30-20-12-21(14-28-13-20)32-8-4-7-23(32)33/h1-3,5-6,9-15H,4,7-8H2,(H,29,30,31). The Hall–Kier alpha value is -3.48. The molecule has 0 aliphatic carbocycles. The number of rotatable bonds is 5. The SMILES string of the molecule is O=C1CCCN1c1cncc(Nc2ncc(Cl)c(-c3cc(Cl)cc(-c4ccccc4)c3)n2)c1. The highest BCUT2D eigenvalue weighted by molar-refractivity contribution is 6.33. The van der Waals surface area contributed by atoms with Crippen LogP contribution in [0.15, 0.2) is 73.2 Å². The van der Waals surface area contributed by atoms with Gasteiger partial charge in [-0.3, -0.25) is 9.78 Å². The number of benzene rings is 2. The summed E-state index contributed by atoms with van der Waals surface area (Å²) in [4.78, 5) is 27.0. The van der Waals surface area contributed by atoms with Gasteiger partial charge in [0.25, 0.3) is 0 Å². The van der Waals surface area contributed by atoms with E-state index in [1.165, 1.54) is 0 Å². The highest BCUT2D eigenvalue weighted by atomic mass is 35.5. The molecule has 0 unspecified atom stereocenters. The topological polar surface area (TPSA) is 71.0 Å². The smallest absolute Gasteiger partial charge is 0.227 e. The maximum atomic E-state index is 12.1. The van der Waals surface area contributed by atoms with Crippen LogP contribution in [0.25, 0.3) is 22.4 Å². The van der Waals surface area contributed by atoms with Crippen molar-refractivity contribution in [2.75, 3.05) is 16.8 Å². The molecule has 1 N–H and O–H groups in total. The predicted octanol–water partition coefficient (Wildman–Crippen LogP) is 6.38. The van der Waals surface area contributed by atoms with Crippen molar-refractivity contribution in [1.82, 2.24) is 15.0 Å². The summed E-state index contributed by atoms with van der Waals surface area (Å²) in [5.41, 5.74) is 4.79. The predicted molar refractivity (Wildman–Crippen MR) is 132 cm³/mol. The molecule has 3 heterocycles. The van der Waals surface area contributed by atoms with Gasteiger partial charge in [0.2, 0.25) is 11.9 Å². The zero-order chi connectivity index (χ0) is 22.8. The van der Waals surface area contributed by atoms with Gasteiger partial charge < -0.3 is 10.2 Å². The van der Waals surface area contributed by atoms with Crippen LogP contribution in [-0.4, -0.2) is 27.4 Å². The Kier molecular flexibility index (Phi) is 5.94. The van der Waals surface area contributed by atoms with Crippen LogP contribution in [-0.2, 0) is 4.79 Å². The lowest BCUT2D eigenvalue weighted by Crippen LogP contribution is -2.23. The van der Waals surface area contributed by atoms with Crippen molar-refractivity contribution in [2.24, 2.45) is 0 Å². The number of aromatic nitrogens is 3. The third-order valence-corrected chi connectivity index (χ3v) is 5.88. The highest BCUT2D eigenvalue weighted by Gasteiger charge is 2.22. The van der Waals surface area contributed by atoms with Crippen molar-refractivity contribution >= 4 is 46.4 Å². The van der Waals surface area contributed by atoms with E-state index >= 15 is 0 Å². The molecule has 164 valence electrons. The lowest BCUT2D eigenvalue weighted by molar-refractivity contribution is -0.117. The number of amides is 1. The summed E-state index contributed by atoms with van der Waals surface area (Å²) in [5, 5.41) is 4.17. The van der Waals surface area contributed by atoms with Crippen molar-refractivity contribution in [3.63, 3.8) is 0 Å². The van der Waals surface area contributed by atoms with Gasteiger partial charge in [0.1, 0.15) is 0 Å². The number of pyridine rings is 1. The van der Waals surface area contributed by atoms with Crippen LogP contribution in [0.2, 0.25) is 10.0 Å². The summed E-state index contributed by atoms with van der Waals surface area (Å²) in [6, 6.07) is 17.6. The van der Waals surface area contributed by atoms with Crippen LogP contribution in [0.4, 0.5) is 17.3 Å². The van der Waals surface area contributed by atoms with E-state index in [4.69, 9.17) is 23.2 Å². The van der Waals surface area contributed by atoms with Crippen LogP contribution < -0.4 is 10.2 Å². The Morgan fingerprint density at radius 1 is 0.909 bits per heavy atom.